The van der Waals surface area contributed by atoms with Crippen molar-refractivity contribution in [2.24, 2.45) is 5.92 Å². The van der Waals surface area contributed by atoms with Crippen LogP contribution in [0, 0.1) is 12.8 Å². The first-order valence-corrected chi connectivity index (χ1v) is 10.4. The molecule has 1 aliphatic rings. The quantitative estimate of drug-likeness (QED) is 0.849. The lowest BCUT2D eigenvalue weighted by Gasteiger charge is -2.32. The molecular formula is C21H27N3O2S. The normalized spacial score (nSPS) is 15.2. The lowest BCUT2D eigenvalue weighted by molar-refractivity contribution is -0.133. The number of piperidine rings is 1. The monoisotopic (exact) mass is 385 g/mol. The number of nitrogens with one attached hydrogen (secondary N) is 1. The molecule has 1 aliphatic heterocycles. The van der Waals surface area contributed by atoms with E-state index in [0.29, 0.717) is 31.1 Å². The molecular weight excluding hydrogens is 358 g/mol. The number of hydrogen-bond acceptors (Lipinski definition) is 4. The summed E-state index contributed by atoms with van der Waals surface area (Å²) in [7, 11) is 0. The molecule has 0 saturated carbocycles. The molecule has 1 N–H and O–H groups in total. The highest BCUT2D eigenvalue weighted by Gasteiger charge is 2.25. The van der Waals surface area contributed by atoms with Gasteiger partial charge in [-0.05, 0) is 25.7 Å². The van der Waals surface area contributed by atoms with Gasteiger partial charge < -0.3 is 10.2 Å². The van der Waals surface area contributed by atoms with Crippen molar-refractivity contribution in [1.29, 1.82) is 0 Å². The van der Waals surface area contributed by atoms with Crippen LogP contribution in [0.15, 0.2) is 29.6 Å². The maximum absolute atomic E-state index is 12.5. The van der Waals surface area contributed by atoms with Gasteiger partial charge in [-0.1, -0.05) is 43.7 Å². The highest BCUT2D eigenvalue weighted by atomic mass is 32.1. The van der Waals surface area contributed by atoms with Gasteiger partial charge in [0, 0.05) is 36.5 Å². The molecule has 2 aromatic rings. The summed E-state index contributed by atoms with van der Waals surface area (Å²) in [5.74, 6) is 0.468. The molecule has 0 aliphatic carbocycles. The molecule has 1 saturated heterocycles. The summed E-state index contributed by atoms with van der Waals surface area (Å²) < 4.78 is 0. The summed E-state index contributed by atoms with van der Waals surface area (Å²) in [5.41, 5.74) is 2.70. The Kier molecular flexibility index (Phi) is 6.26. The first-order valence-electron chi connectivity index (χ1n) is 9.53. The highest BCUT2D eigenvalue weighted by molar-refractivity contribution is 7.13. The van der Waals surface area contributed by atoms with E-state index in [1.807, 2.05) is 41.5 Å². The number of rotatable bonds is 5. The molecule has 0 spiro atoms. The van der Waals surface area contributed by atoms with Crippen LogP contribution in [0.3, 0.4) is 0 Å². The van der Waals surface area contributed by atoms with Crippen LogP contribution in [0.5, 0.6) is 0 Å². The molecule has 0 bridgehead atoms. The van der Waals surface area contributed by atoms with Crippen molar-refractivity contribution >= 4 is 23.2 Å². The molecule has 0 atom stereocenters. The summed E-state index contributed by atoms with van der Waals surface area (Å²) in [5, 5.41) is 5.74. The maximum atomic E-state index is 12.5. The van der Waals surface area contributed by atoms with Crippen molar-refractivity contribution in [3.8, 4) is 10.6 Å². The van der Waals surface area contributed by atoms with Gasteiger partial charge in [-0.2, -0.15) is 0 Å². The van der Waals surface area contributed by atoms with Crippen LogP contribution in [0.2, 0.25) is 0 Å². The van der Waals surface area contributed by atoms with Gasteiger partial charge in [0.15, 0.2) is 0 Å². The lowest BCUT2D eigenvalue weighted by Crippen LogP contribution is -2.46. The van der Waals surface area contributed by atoms with Crippen LogP contribution >= 0.6 is 11.3 Å². The predicted molar refractivity (Wildman–Crippen MR) is 109 cm³/mol. The average molecular weight is 386 g/mol. The van der Waals surface area contributed by atoms with E-state index in [9.17, 15) is 9.59 Å². The summed E-state index contributed by atoms with van der Waals surface area (Å²) >= 11 is 1.48. The summed E-state index contributed by atoms with van der Waals surface area (Å²) in [6.45, 7) is 7.59. The summed E-state index contributed by atoms with van der Waals surface area (Å²) in [6, 6.07) is 8.25. The third kappa shape index (κ3) is 5.16. The fourth-order valence-electron chi connectivity index (χ4n) is 3.22. The van der Waals surface area contributed by atoms with Crippen molar-refractivity contribution in [3.63, 3.8) is 0 Å². The van der Waals surface area contributed by atoms with E-state index in [1.54, 1.807) is 0 Å². The number of aromatic nitrogens is 1. The maximum Gasteiger partial charge on any atom is 0.270 e. The number of benzene rings is 1. The topological polar surface area (TPSA) is 62.3 Å². The van der Waals surface area contributed by atoms with E-state index in [4.69, 9.17) is 0 Å². The van der Waals surface area contributed by atoms with Crippen LogP contribution in [0.25, 0.3) is 10.6 Å². The summed E-state index contributed by atoms with van der Waals surface area (Å²) in [6.07, 6.45) is 2.19. The second kappa shape index (κ2) is 8.65. The van der Waals surface area contributed by atoms with Crippen LogP contribution in [-0.4, -0.2) is 40.8 Å². The van der Waals surface area contributed by atoms with E-state index < -0.39 is 0 Å². The first-order chi connectivity index (χ1) is 12.9. The lowest BCUT2D eigenvalue weighted by atomic mass is 10.0. The van der Waals surface area contributed by atoms with Gasteiger partial charge in [-0.15, -0.1) is 11.3 Å². The van der Waals surface area contributed by atoms with Crippen LogP contribution in [0.1, 0.15) is 49.2 Å². The Morgan fingerprint density at radius 2 is 1.89 bits per heavy atom. The van der Waals surface area contributed by atoms with Crippen molar-refractivity contribution in [1.82, 2.24) is 15.2 Å². The first kappa shape index (κ1) is 19.5. The number of hydrogen-bond donors (Lipinski definition) is 1. The standard InChI is InChI=1S/C21H27N3O2S/c1-14(2)12-19(25)24-10-8-17(9-11-24)22-20(26)18-13-27-21(23-18)16-6-4-15(3)5-7-16/h4-7,13-14,17H,8-12H2,1-3H3,(H,22,26). The van der Waals surface area contributed by atoms with Crippen LogP contribution in [0.4, 0.5) is 0 Å². The van der Waals surface area contributed by atoms with E-state index in [-0.39, 0.29) is 17.9 Å². The Morgan fingerprint density at radius 1 is 1.22 bits per heavy atom. The van der Waals surface area contributed by atoms with Gasteiger partial charge in [0.05, 0.1) is 0 Å². The zero-order valence-corrected chi connectivity index (χ0v) is 17.0. The van der Waals surface area contributed by atoms with Gasteiger partial charge in [-0.25, -0.2) is 4.98 Å². The van der Waals surface area contributed by atoms with Crippen LogP contribution < -0.4 is 5.32 Å². The largest absolute Gasteiger partial charge is 0.348 e. The van der Waals surface area contributed by atoms with Gasteiger partial charge >= 0.3 is 0 Å². The number of nitrogens with zero attached hydrogens (tertiary/aromatic N) is 2. The highest BCUT2D eigenvalue weighted by Crippen LogP contribution is 2.24. The molecule has 5 nitrogen and oxygen atoms in total. The Balaban J connectivity index is 1.53. The molecule has 1 aromatic carbocycles. The van der Waals surface area contributed by atoms with E-state index in [1.165, 1.54) is 16.9 Å². The molecule has 3 rings (SSSR count). The Labute approximate surface area is 164 Å². The third-order valence-corrected chi connectivity index (χ3v) is 5.69. The SMILES string of the molecule is Cc1ccc(-c2nc(C(=O)NC3CCN(C(=O)CC(C)C)CC3)cs2)cc1. The minimum absolute atomic E-state index is 0.102. The molecule has 0 unspecified atom stereocenters. The number of likely N-dealkylation sites (tertiary alicyclic amines) is 1. The Bertz CT molecular complexity index is 790. The van der Waals surface area contributed by atoms with E-state index >= 15 is 0 Å². The van der Waals surface area contributed by atoms with Gasteiger partial charge in [0.1, 0.15) is 10.7 Å². The second-order valence-corrected chi connectivity index (χ2v) is 8.49. The minimum Gasteiger partial charge on any atom is -0.348 e. The zero-order valence-electron chi connectivity index (χ0n) is 16.2. The smallest absolute Gasteiger partial charge is 0.270 e. The molecule has 6 heteroatoms. The van der Waals surface area contributed by atoms with Gasteiger partial charge in [-0.3, -0.25) is 9.59 Å². The van der Waals surface area contributed by atoms with Crippen molar-refractivity contribution < 1.29 is 9.59 Å². The van der Waals surface area contributed by atoms with E-state index in [2.05, 4.69) is 24.1 Å². The Morgan fingerprint density at radius 3 is 2.52 bits per heavy atom. The zero-order chi connectivity index (χ0) is 19.4. The number of amides is 2. The Hall–Kier alpha value is -2.21. The van der Waals surface area contributed by atoms with E-state index in [0.717, 1.165) is 23.4 Å². The number of carbonyl (C=O) groups is 2. The predicted octanol–water partition coefficient (Wildman–Crippen LogP) is 3.89. The average Bonchev–Trinajstić information content (AvgIpc) is 3.12. The fourth-order valence-corrected chi connectivity index (χ4v) is 4.02. The molecule has 0 radical (unpaired) electrons. The third-order valence-electron chi connectivity index (χ3n) is 4.80. The number of aryl methyl sites for hydroxylation is 1. The molecule has 27 heavy (non-hydrogen) atoms. The molecule has 1 fully saturated rings. The molecule has 1 aromatic heterocycles. The molecule has 144 valence electrons. The van der Waals surface area contributed by atoms with Crippen molar-refractivity contribution in [2.45, 2.75) is 46.1 Å². The second-order valence-electron chi connectivity index (χ2n) is 7.63. The minimum atomic E-state index is -0.128. The van der Waals surface area contributed by atoms with Crippen molar-refractivity contribution in [2.75, 3.05) is 13.1 Å². The number of thiazole rings is 1. The molecule has 2 heterocycles. The number of carbonyl (C=O) groups excluding carboxylic acids is 2. The molecule has 2 amide bonds. The van der Waals surface area contributed by atoms with Crippen molar-refractivity contribution in [3.05, 3.63) is 40.9 Å². The van der Waals surface area contributed by atoms with Gasteiger partial charge in [0.25, 0.3) is 5.91 Å². The summed E-state index contributed by atoms with van der Waals surface area (Å²) in [4.78, 5) is 31.1. The van der Waals surface area contributed by atoms with Crippen LogP contribution in [-0.2, 0) is 4.79 Å². The van der Waals surface area contributed by atoms with Gasteiger partial charge in [0.2, 0.25) is 5.91 Å². The fraction of sp³-hybridized carbons (Fsp3) is 0.476.